The number of rotatable bonds is 4. The number of amides is 1. The number of carbonyl (C=O) groups excluding carboxylic acids is 1. The van der Waals surface area contributed by atoms with Crippen LogP contribution in [0.3, 0.4) is 0 Å². The predicted octanol–water partition coefficient (Wildman–Crippen LogP) is 1.31. The van der Waals surface area contributed by atoms with Crippen molar-refractivity contribution in [2.45, 2.75) is 6.54 Å². The van der Waals surface area contributed by atoms with Crippen molar-refractivity contribution in [1.29, 1.82) is 0 Å². The number of aromatic nitrogens is 1. The number of likely N-dealkylation sites (N-methyl/N-ethyl adjacent to an activating group) is 1. The van der Waals surface area contributed by atoms with Gasteiger partial charge in [-0.1, -0.05) is 23.2 Å². The van der Waals surface area contributed by atoms with Crippen LogP contribution < -0.4 is 5.73 Å². The Morgan fingerprint density at radius 3 is 2.80 bits per heavy atom. The Kier molecular flexibility index (Phi) is 4.32. The number of primary amides is 1. The second-order valence-corrected chi connectivity index (χ2v) is 4.03. The third-order valence-electron chi connectivity index (χ3n) is 1.76. The zero-order valence-corrected chi connectivity index (χ0v) is 9.72. The summed E-state index contributed by atoms with van der Waals surface area (Å²) in [5.41, 5.74) is 5.87. The van der Waals surface area contributed by atoms with Gasteiger partial charge in [0.05, 0.1) is 6.54 Å². The van der Waals surface area contributed by atoms with Crippen LogP contribution in [0.25, 0.3) is 0 Å². The van der Waals surface area contributed by atoms with Gasteiger partial charge in [-0.3, -0.25) is 9.69 Å². The molecule has 0 spiro atoms. The van der Waals surface area contributed by atoms with E-state index in [0.717, 1.165) is 5.56 Å². The molecule has 0 atom stereocenters. The highest BCUT2D eigenvalue weighted by molar-refractivity contribution is 6.34. The molecule has 1 rings (SSSR count). The standard InChI is InChI=1S/C9H11Cl2N3O/c1-14(5-9(12)15)4-6-3-13-8(11)2-7(6)10/h2-3H,4-5H2,1H3,(H2,12,15). The van der Waals surface area contributed by atoms with E-state index in [2.05, 4.69) is 4.98 Å². The average Bonchev–Trinajstić information content (AvgIpc) is 2.08. The third kappa shape index (κ3) is 4.03. The van der Waals surface area contributed by atoms with Crippen LogP contribution in [0.4, 0.5) is 0 Å². The molecular weight excluding hydrogens is 237 g/mol. The molecule has 6 heteroatoms. The molecule has 1 amide bonds. The van der Waals surface area contributed by atoms with Crippen molar-refractivity contribution in [3.63, 3.8) is 0 Å². The highest BCUT2D eigenvalue weighted by Crippen LogP contribution is 2.19. The molecule has 1 aromatic rings. The SMILES string of the molecule is CN(CC(N)=O)Cc1cnc(Cl)cc1Cl. The monoisotopic (exact) mass is 247 g/mol. The molecule has 0 aromatic carbocycles. The molecule has 0 saturated heterocycles. The molecule has 1 heterocycles. The van der Waals surface area contributed by atoms with Gasteiger partial charge in [0.25, 0.3) is 0 Å². The van der Waals surface area contributed by atoms with Crippen LogP contribution in [0.1, 0.15) is 5.56 Å². The maximum absolute atomic E-state index is 10.6. The Hall–Kier alpha value is -0.840. The Balaban J connectivity index is 2.68. The molecule has 0 saturated carbocycles. The van der Waals surface area contributed by atoms with Crippen LogP contribution in [-0.4, -0.2) is 29.4 Å². The molecule has 0 fully saturated rings. The lowest BCUT2D eigenvalue weighted by molar-refractivity contribution is -0.118. The molecule has 1 aromatic heterocycles. The number of halogens is 2. The van der Waals surface area contributed by atoms with Gasteiger partial charge in [-0.2, -0.15) is 0 Å². The molecular formula is C9H11Cl2N3O. The van der Waals surface area contributed by atoms with Gasteiger partial charge in [0, 0.05) is 23.3 Å². The maximum atomic E-state index is 10.6. The van der Waals surface area contributed by atoms with Gasteiger partial charge in [-0.25, -0.2) is 4.98 Å². The minimum Gasteiger partial charge on any atom is -0.369 e. The highest BCUT2D eigenvalue weighted by atomic mass is 35.5. The first-order valence-electron chi connectivity index (χ1n) is 4.26. The summed E-state index contributed by atoms with van der Waals surface area (Å²) < 4.78 is 0. The first-order chi connectivity index (χ1) is 6.99. The summed E-state index contributed by atoms with van der Waals surface area (Å²) in [7, 11) is 1.77. The van der Waals surface area contributed by atoms with Gasteiger partial charge in [0.15, 0.2) is 0 Å². The smallest absolute Gasteiger partial charge is 0.231 e. The van der Waals surface area contributed by atoms with Gasteiger partial charge in [0.1, 0.15) is 5.15 Å². The van der Waals surface area contributed by atoms with Crippen molar-refractivity contribution in [2.75, 3.05) is 13.6 Å². The lowest BCUT2D eigenvalue weighted by Gasteiger charge is -2.14. The Labute approximate surface area is 98.0 Å². The van der Waals surface area contributed by atoms with E-state index in [9.17, 15) is 4.79 Å². The molecule has 0 aliphatic heterocycles. The van der Waals surface area contributed by atoms with Crippen molar-refractivity contribution in [3.8, 4) is 0 Å². The van der Waals surface area contributed by atoms with Crippen molar-refractivity contribution < 1.29 is 4.79 Å². The minimum absolute atomic E-state index is 0.180. The summed E-state index contributed by atoms with van der Waals surface area (Å²) in [5, 5.41) is 0.882. The van der Waals surface area contributed by atoms with Gasteiger partial charge < -0.3 is 5.73 Å². The van der Waals surface area contributed by atoms with Crippen molar-refractivity contribution >= 4 is 29.1 Å². The number of nitrogens with zero attached hydrogens (tertiary/aromatic N) is 2. The van der Waals surface area contributed by atoms with E-state index in [4.69, 9.17) is 28.9 Å². The zero-order chi connectivity index (χ0) is 11.4. The van der Waals surface area contributed by atoms with Gasteiger partial charge in [-0.05, 0) is 13.1 Å². The first-order valence-corrected chi connectivity index (χ1v) is 5.01. The van der Waals surface area contributed by atoms with Crippen molar-refractivity contribution in [3.05, 3.63) is 28.0 Å². The molecule has 0 unspecified atom stereocenters. The van der Waals surface area contributed by atoms with Gasteiger partial charge in [-0.15, -0.1) is 0 Å². The third-order valence-corrected chi connectivity index (χ3v) is 2.32. The molecule has 0 bridgehead atoms. The number of hydrogen-bond donors (Lipinski definition) is 1. The van der Waals surface area contributed by atoms with Crippen LogP contribution >= 0.6 is 23.2 Å². The normalized spacial score (nSPS) is 10.7. The van der Waals surface area contributed by atoms with E-state index in [0.29, 0.717) is 16.7 Å². The van der Waals surface area contributed by atoms with Crippen molar-refractivity contribution in [1.82, 2.24) is 9.88 Å². The summed E-state index contributed by atoms with van der Waals surface area (Å²) in [6, 6.07) is 1.57. The predicted molar refractivity (Wildman–Crippen MR) is 59.8 cm³/mol. The van der Waals surface area contributed by atoms with Crippen LogP contribution in [-0.2, 0) is 11.3 Å². The largest absolute Gasteiger partial charge is 0.369 e. The van der Waals surface area contributed by atoms with Crippen LogP contribution in [0.2, 0.25) is 10.2 Å². The van der Waals surface area contributed by atoms with Crippen molar-refractivity contribution in [2.24, 2.45) is 5.73 Å². The fourth-order valence-electron chi connectivity index (χ4n) is 1.16. The Morgan fingerprint density at radius 1 is 1.60 bits per heavy atom. The lowest BCUT2D eigenvalue weighted by atomic mass is 10.2. The molecule has 2 N–H and O–H groups in total. The fourth-order valence-corrected chi connectivity index (χ4v) is 1.59. The van der Waals surface area contributed by atoms with E-state index < -0.39 is 0 Å². The second-order valence-electron chi connectivity index (χ2n) is 3.24. The Bertz CT molecular complexity index is 370. The molecule has 0 aliphatic rings. The summed E-state index contributed by atoms with van der Waals surface area (Å²) >= 11 is 11.6. The van der Waals surface area contributed by atoms with Crippen LogP contribution in [0.15, 0.2) is 12.3 Å². The summed E-state index contributed by atoms with van der Waals surface area (Å²) in [4.78, 5) is 16.3. The molecule has 82 valence electrons. The zero-order valence-electron chi connectivity index (χ0n) is 8.20. The highest BCUT2D eigenvalue weighted by Gasteiger charge is 2.07. The second kappa shape index (κ2) is 5.30. The average molecular weight is 248 g/mol. The minimum atomic E-state index is -0.379. The number of hydrogen-bond acceptors (Lipinski definition) is 3. The quantitative estimate of drug-likeness (QED) is 0.817. The van der Waals surface area contributed by atoms with Crippen LogP contribution in [0, 0.1) is 0 Å². The number of nitrogens with two attached hydrogens (primary N) is 1. The van der Waals surface area contributed by atoms with Gasteiger partial charge in [0.2, 0.25) is 5.91 Å². The number of pyridine rings is 1. The number of carbonyl (C=O) groups is 1. The van der Waals surface area contributed by atoms with E-state index in [1.54, 1.807) is 24.2 Å². The van der Waals surface area contributed by atoms with E-state index >= 15 is 0 Å². The molecule has 4 nitrogen and oxygen atoms in total. The molecule has 15 heavy (non-hydrogen) atoms. The molecule has 0 radical (unpaired) electrons. The first kappa shape index (κ1) is 12.2. The van der Waals surface area contributed by atoms with E-state index in [-0.39, 0.29) is 12.5 Å². The summed E-state index contributed by atoms with van der Waals surface area (Å²) in [5.74, 6) is -0.379. The van der Waals surface area contributed by atoms with E-state index in [1.807, 2.05) is 0 Å². The summed E-state index contributed by atoms with van der Waals surface area (Å²) in [6.07, 6.45) is 1.59. The fraction of sp³-hybridized carbons (Fsp3) is 0.333. The Morgan fingerprint density at radius 2 is 2.27 bits per heavy atom. The van der Waals surface area contributed by atoms with Gasteiger partial charge >= 0.3 is 0 Å². The lowest BCUT2D eigenvalue weighted by Crippen LogP contribution is -2.30. The summed E-state index contributed by atoms with van der Waals surface area (Å²) in [6.45, 7) is 0.685. The topological polar surface area (TPSA) is 59.2 Å². The van der Waals surface area contributed by atoms with Crippen LogP contribution in [0.5, 0.6) is 0 Å². The van der Waals surface area contributed by atoms with E-state index in [1.165, 1.54) is 0 Å². The molecule has 0 aliphatic carbocycles. The maximum Gasteiger partial charge on any atom is 0.231 e.